The van der Waals surface area contributed by atoms with Crippen LogP contribution in [0.4, 0.5) is 6.01 Å². The molecule has 2 N–H and O–H groups in total. The van der Waals surface area contributed by atoms with Crippen molar-refractivity contribution in [2.24, 2.45) is 5.73 Å². The zero-order valence-corrected chi connectivity index (χ0v) is 10.1. The van der Waals surface area contributed by atoms with Crippen molar-refractivity contribution in [3.05, 3.63) is 28.3 Å². The fourth-order valence-corrected chi connectivity index (χ4v) is 1.95. The zero-order valence-electron chi connectivity index (χ0n) is 9.25. The van der Waals surface area contributed by atoms with E-state index in [2.05, 4.69) is 21.6 Å². The van der Waals surface area contributed by atoms with Gasteiger partial charge in [-0.15, -0.1) is 5.10 Å². The standard InChI is InChI=1S/C10H14N4OS/c1-7(11)9-12-13-10(15-9)14(2)5-8-3-4-16-6-8/h3-4,6-7H,5,11H2,1-2H3. The Labute approximate surface area is 97.9 Å². The Kier molecular flexibility index (Phi) is 3.21. The first-order valence-corrected chi connectivity index (χ1v) is 5.92. The summed E-state index contributed by atoms with van der Waals surface area (Å²) in [4.78, 5) is 1.90. The lowest BCUT2D eigenvalue weighted by molar-refractivity contribution is 0.460. The highest BCUT2D eigenvalue weighted by atomic mass is 32.1. The van der Waals surface area contributed by atoms with Crippen LogP contribution in [-0.4, -0.2) is 17.2 Å². The molecule has 0 aliphatic heterocycles. The van der Waals surface area contributed by atoms with E-state index in [1.54, 1.807) is 11.3 Å². The monoisotopic (exact) mass is 238 g/mol. The second-order valence-corrected chi connectivity index (χ2v) is 4.48. The van der Waals surface area contributed by atoms with Gasteiger partial charge in [-0.3, -0.25) is 0 Å². The summed E-state index contributed by atoms with van der Waals surface area (Å²) in [5.41, 5.74) is 6.88. The SMILES string of the molecule is CC(N)c1nnc(N(C)Cc2ccsc2)o1. The molecule has 0 saturated carbocycles. The van der Waals surface area contributed by atoms with Gasteiger partial charge in [0.2, 0.25) is 5.89 Å². The van der Waals surface area contributed by atoms with Crippen LogP contribution in [0.3, 0.4) is 0 Å². The first kappa shape index (κ1) is 11.1. The van der Waals surface area contributed by atoms with E-state index < -0.39 is 0 Å². The predicted octanol–water partition coefficient (Wildman–Crippen LogP) is 1.79. The summed E-state index contributed by atoms with van der Waals surface area (Å²) in [7, 11) is 1.91. The maximum atomic E-state index is 5.65. The molecular weight excluding hydrogens is 224 g/mol. The summed E-state index contributed by atoms with van der Waals surface area (Å²) in [6.07, 6.45) is 0. The number of thiophene rings is 1. The van der Waals surface area contributed by atoms with Crippen molar-refractivity contribution in [2.45, 2.75) is 19.5 Å². The molecule has 0 spiro atoms. The van der Waals surface area contributed by atoms with Crippen LogP contribution in [0.2, 0.25) is 0 Å². The van der Waals surface area contributed by atoms with E-state index in [9.17, 15) is 0 Å². The van der Waals surface area contributed by atoms with Gasteiger partial charge in [-0.05, 0) is 29.3 Å². The van der Waals surface area contributed by atoms with Crippen molar-refractivity contribution >= 4 is 17.4 Å². The van der Waals surface area contributed by atoms with Gasteiger partial charge in [0, 0.05) is 13.6 Å². The van der Waals surface area contributed by atoms with Gasteiger partial charge >= 0.3 is 6.01 Å². The molecule has 16 heavy (non-hydrogen) atoms. The van der Waals surface area contributed by atoms with Crippen molar-refractivity contribution in [1.29, 1.82) is 0 Å². The average Bonchev–Trinajstić information content (AvgIpc) is 2.86. The van der Waals surface area contributed by atoms with E-state index in [4.69, 9.17) is 10.2 Å². The molecule has 0 aromatic carbocycles. The van der Waals surface area contributed by atoms with Gasteiger partial charge in [-0.2, -0.15) is 11.3 Å². The van der Waals surface area contributed by atoms with Crippen LogP contribution in [0.25, 0.3) is 0 Å². The van der Waals surface area contributed by atoms with Crippen LogP contribution in [0, 0.1) is 0 Å². The lowest BCUT2D eigenvalue weighted by atomic mass is 10.3. The summed E-state index contributed by atoms with van der Waals surface area (Å²) < 4.78 is 5.44. The van der Waals surface area contributed by atoms with Gasteiger partial charge in [-0.1, -0.05) is 5.10 Å². The fraction of sp³-hybridized carbons (Fsp3) is 0.400. The number of nitrogens with two attached hydrogens (primary N) is 1. The topological polar surface area (TPSA) is 68.2 Å². The number of rotatable bonds is 4. The number of anilines is 1. The number of hydrogen-bond acceptors (Lipinski definition) is 6. The number of nitrogens with zero attached hydrogens (tertiary/aromatic N) is 3. The molecule has 0 radical (unpaired) electrons. The largest absolute Gasteiger partial charge is 0.406 e. The molecule has 5 nitrogen and oxygen atoms in total. The number of aromatic nitrogens is 2. The highest BCUT2D eigenvalue weighted by Crippen LogP contribution is 2.17. The van der Waals surface area contributed by atoms with Crippen molar-refractivity contribution < 1.29 is 4.42 Å². The summed E-state index contributed by atoms with van der Waals surface area (Å²) in [6.45, 7) is 2.57. The van der Waals surface area contributed by atoms with Crippen molar-refractivity contribution in [3.8, 4) is 0 Å². The maximum absolute atomic E-state index is 5.65. The summed E-state index contributed by atoms with van der Waals surface area (Å²) >= 11 is 1.67. The second kappa shape index (κ2) is 4.63. The van der Waals surface area contributed by atoms with Gasteiger partial charge in [0.1, 0.15) is 0 Å². The van der Waals surface area contributed by atoms with E-state index in [1.165, 1.54) is 5.56 Å². The fourth-order valence-electron chi connectivity index (χ4n) is 1.29. The van der Waals surface area contributed by atoms with Gasteiger partial charge in [0.25, 0.3) is 0 Å². The molecule has 2 heterocycles. The van der Waals surface area contributed by atoms with Gasteiger partial charge in [0.05, 0.1) is 6.04 Å². The Morgan fingerprint density at radius 2 is 2.38 bits per heavy atom. The van der Waals surface area contributed by atoms with Crippen molar-refractivity contribution in [1.82, 2.24) is 10.2 Å². The van der Waals surface area contributed by atoms with Gasteiger partial charge in [-0.25, -0.2) is 0 Å². The van der Waals surface area contributed by atoms with Crippen LogP contribution in [0.15, 0.2) is 21.2 Å². The first-order chi connectivity index (χ1) is 7.66. The summed E-state index contributed by atoms with van der Waals surface area (Å²) in [6, 6.07) is 2.35. The van der Waals surface area contributed by atoms with Crippen LogP contribution < -0.4 is 10.6 Å². The predicted molar refractivity (Wildman–Crippen MR) is 63.3 cm³/mol. The molecule has 0 aliphatic rings. The molecule has 0 saturated heterocycles. The second-order valence-electron chi connectivity index (χ2n) is 3.70. The quantitative estimate of drug-likeness (QED) is 0.879. The third-order valence-corrected chi connectivity index (χ3v) is 2.88. The molecule has 2 aromatic rings. The Morgan fingerprint density at radius 3 is 2.94 bits per heavy atom. The smallest absolute Gasteiger partial charge is 0.318 e. The van der Waals surface area contributed by atoms with Crippen molar-refractivity contribution in [3.63, 3.8) is 0 Å². The molecule has 2 rings (SSSR count). The lowest BCUT2D eigenvalue weighted by Crippen LogP contribution is -2.16. The van der Waals surface area contributed by atoms with E-state index in [0.717, 1.165) is 6.54 Å². The van der Waals surface area contributed by atoms with E-state index >= 15 is 0 Å². The van der Waals surface area contributed by atoms with Crippen molar-refractivity contribution in [2.75, 3.05) is 11.9 Å². The van der Waals surface area contributed by atoms with E-state index in [-0.39, 0.29) is 6.04 Å². The molecule has 86 valence electrons. The Morgan fingerprint density at radius 1 is 1.56 bits per heavy atom. The molecule has 6 heteroatoms. The van der Waals surface area contributed by atoms with Crippen LogP contribution in [-0.2, 0) is 6.54 Å². The average molecular weight is 238 g/mol. The summed E-state index contributed by atoms with van der Waals surface area (Å²) in [5, 5.41) is 12.0. The van der Waals surface area contributed by atoms with Crippen LogP contribution >= 0.6 is 11.3 Å². The molecule has 1 atom stereocenters. The number of hydrogen-bond donors (Lipinski definition) is 1. The summed E-state index contributed by atoms with van der Waals surface area (Å²) in [5.74, 6) is 0.465. The molecule has 1 unspecified atom stereocenters. The minimum Gasteiger partial charge on any atom is -0.406 e. The third-order valence-electron chi connectivity index (χ3n) is 2.15. The Balaban J connectivity index is 2.06. The normalized spacial score (nSPS) is 12.7. The first-order valence-electron chi connectivity index (χ1n) is 4.98. The molecule has 0 bridgehead atoms. The third kappa shape index (κ3) is 2.40. The molecule has 2 aromatic heterocycles. The van der Waals surface area contributed by atoms with Crippen LogP contribution in [0.1, 0.15) is 24.4 Å². The van der Waals surface area contributed by atoms with Crippen LogP contribution in [0.5, 0.6) is 0 Å². The van der Waals surface area contributed by atoms with E-state index in [1.807, 2.05) is 24.3 Å². The minimum absolute atomic E-state index is 0.226. The Hall–Kier alpha value is -1.40. The van der Waals surface area contributed by atoms with Gasteiger partial charge < -0.3 is 15.1 Å². The highest BCUT2D eigenvalue weighted by molar-refractivity contribution is 7.07. The molecule has 0 amide bonds. The lowest BCUT2D eigenvalue weighted by Gasteiger charge is -2.12. The molecule has 0 fully saturated rings. The zero-order chi connectivity index (χ0) is 11.5. The maximum Gasteiger partial charge on any atom is 0.318 e. The molecular formula is C10H14N4OS. The van der Waals surface area contributed by atoms with E-state index in [0.29, 0.717) is 11.9 Å². The molecule has 0 aliphatic carbocycles. The Bertz CT molecular complexity index is 437. The highest BCUT2D eigenvalue weighted by Gasteiger charge is 2.13. The minimum atomic E-state index is -0.226. The van der Waals surface area contributed by atoms with Gasteiger partial charge in [0.15, 0.2) is 0 Å².